The van der Waals surface area contributed by atoms with Gasteiger partial charge in [0, 0.05) is 26.2 Å². The molecule has 0 radical (unpaired) electrons. The monoisotopic (exact) mass is 389 g/mol. The Bertz CT molecular complexity index is 951. The summed E-state index contributed by atoms with van der Waals surface area (Å²) in [5.74, 6) is -1.10. The Morgan fingerprint density at radius 3 is 2.37 bits per heavy atom. The van der Waals surface area contributed by atoms with Gasteiger partial charge >= 0.3 is 5.97 Å². The summed E-state index contributed by atoms with van der Waals surface area (Å²) in [5, 5.41) is 9.31. The number of likely N-dealkylation sites (N-methyl/N-ethyl adjacent to an activating group) is 1. The molecule has 0 saturated carbocycles. The number of hydrogen-bond acceptors (Lipinski definition) is 5. The fourth-order valence-electron chi connectivity index (χ4n) is 3.13. The van der Waals surface area contributed by atoms with Crippen LogP contribution < -0.4 is 9.62 Å². The van der Waals surface area contributed by atoms with Crippen LogP contribution in [0.1, 0.15) is 15.9 Å². The zero-order valence-electron chi connectivity index (χ0n) is 15.3. The number of piperazine rings is 1. The van der Waals surface area contributed by atoms with Crippen molar-refractivity contribution in [3.63, 3.8) is 0 Å². The van der Waals surface area contributed by atoms with Gasteiger partial charge in [0.25, 0.3) is 10.0 Å². The number of hydrogen-bond donors (Lipinski definition) is 2. The number of carbonyl (C=O) groups is 1. The number of nitrogens with one attached hydrogen (secondary N) is 1. The minimum atomic E-state index is -3.84. The zero-order valence-corrected chi connectivity index (χ0v) is 16.2. The molecular weight excluding hydrogens is 366 g/mol. The molecule has 0 atom stereocenters. The van der Waals surface area contributed by atoms with Crippen LogP contribution in [-0.2, 0) is 10.0 Å². The van der Waals surface area contributed by atoms with E-state index >= 15 is 0 Å². The van der Waals surface area contributed by atoms with E-state index in [4.69, 9.17) is 0 Å². The van der Waals surface area contributed by atoms with Gasteiger partial charge in [-0.2, -0.15) is 0 Å². The maximum Gasteiger partial charge on any atom is 0.335 e. The number of aryl methyl sites for hydroxylation is 1. The fraction of sp³-hybridized carbons (Fsp3) is 0.316. The number of carboxylic acids is 1. The van der Waals surface area contributed by atoms with Gasteiger partial charge in [-0.3, -0.25) is 4.72 Å². The summed E-state index contributed by atoms with van der Waals surface area (Å²) in [5.41, 5.74) is 1.63. The fourth-order valence-corrected chi connectivity index (χ4v) is 4.44. The predicted octanol–water partition coefficient (Wildman–Crippen LogP) is 2.25. The highest BCUT2D eigenvalue weighted by molar-refractivity contribution is 7.92. The van der Waals surface area contributed by atoms with Crippen molar-refractivity contribution in [2.75, 3.05) is 42.8 Å². The van der Waals surface area contributed by atoms with Crippen LogP contribution >= 0.6 is 0 Å². The predicted molar refractivity (Wildman–Crippen MR) is 105 cm³/mol. The van der Waals surface area contributed by atoms with Gasteiger partial charge in [-0.25, -0.2) is 13.2 Å². The second-order valence-electron chi connectivity index (χ2n) is 6.70. The van der Waals surface area contributed by atoms with Gasteiger partial charge in [0.05, 0.1) is 21.8 Å². The Morgan fingerprint density at radius 2 is 1.74 bits per heavy atom. The van der Waals surface area contributed by atoms with Crippen molar-refractivity contribution < 1.29 is 18.3 Å². The van der Waals surface area contributed by atoms with Crippen LogP contribution in [0, 0.1) is 6.92 Å². The van der Waals surface area contributed by atoms with Crippen molar-refractivity contribution in [2.45, 2.75) is 11.8 Å². The maximum atomic E-state index is 12.9. The highest BCUT2D eigenvalue weighted by Gasteiger charge is 2.23. The molecule has 2 aromatic rings. The van der Waals surface area contributed by atoms with Gasteiger partial charge in [0.1, 0.15) is 0 Å². The molecule has 2 N–H and O–H groups in total. The van der Waals surface area contributed by atoms with E-state index in [1.165, 1.54) is 18.2 Å². The van der Waals surface area contributed by atoms with E-state index in [1.807, 2.05) is 7.05 Å². The molecule has 2 aromatic carbocycles. The van der Waals surface area contributed by atoms with Crippen LogP contribution in [0.25, 0.3) is 0 Å². The van der Waals surface area contributed by atoms with Crippen molar-refractivity contribution in [1.82, 2.24) is 4.90 Å². The molecular formula is C19H23N3O4S. The highest BCUT2D eigenvalue weighted by Crippen LogP contribution is 2.31. The first kappa shape index (κ1) is 19.2. The number of benzene rings is 2. The van der Waals surface area contributed by atoms with Crippen LogP contribution in [0.15, 0.2) is 47.4 Å². The number of rotatable bonds is 5. The summed E-state index contributed by atoms with van der Waals surface area (Å²) < 4.78 is 28.4. The smallest absolute Gasteiger partial charge is 0.335 e. The lowest BCUT2D eigenvalue weighted by atomic mass is 10.1. The second kappa shape index (κ2) is 7.58. The molecule has 1 saturated heterocycles. The summed E-state index contributed by atoms with van der Waals surface area (Å²) in [6.45, 7) is 4.91. The Hall–Kier alpha value is -2.58. The molecule has 8 heteroatoms. The average molecular weight is 389 g/mol. The lowest BCUT2D eigenvalue weighted by molar-refractivity contribution is 0.0697. The summed E-state index contributed by atoms with van der Waals surface area (Å²) in [7, 11) is -1.80. The third kappa shape index (κ3) is 4.23. The molecule has 0 aromatic heterocycles. The molecule has 27 heavy (non-hydrogen) atoms. The molecule has 3 rings (SSSR count). The first-order valence-electron chi connectivity index (χ1n) is 8.67. The first-order chi connectivity index (χ1) is 12.8. The van der Waals surface area contributed by atoms with Gasteiger partial charge in [0.2, 0.25) is 0 Å². The average Bonchev–Trinajstić information content (AvgIpc) is 2.62. The Kier molecular flexibility index (Phi) is 5.38. The minimum absolute atomic E-state index is 0.0374. The van der Waals surface area contributed by atoms with Gasteiger partial charge in [-0.05, 0) is 43.8 Å². The summed E-state index contributed by atoms with van der Waals surface area (Å²) in [6.07, 6.45) is 0. The van der Waals surface area contributed by atoms with E-state index in [9.17, 15) is 18.3 Å². The lowest BCUT2D eigenvalue weighted by Crippen LogP contribution is -2.44. The molecule has 0 bridgehead atoms. The van der Waals surface area contributed by atoms with Crippen molar-refractivity contribution in [3.05, 3.63) is 53.6 Å². The highest BCUT2D eigenvalue weighted by atomic mass is 32.2. The van der Waals surface area contributed by atoms with Crippen LogP contribution in [0.5, 0.6) is 0 Å². The molecule has 0 amide bonds. The van der Waals surface area contributed by atoms with Crippen molar-refractivity contribution in [2.24, 2.45) is 0 Å². The third-order valence-corrected chi connectivity index (χ3v) is 6.24. The third-order valence-electron chi connectivity index (χ3n) is 4.71. The SMILES string of the molecule is Cc1ccccc1S(=O)(=O)Nc1cc(C(=O)O)ccc1N1CCN(C)CC1. The van der Waals surface area contributed by atoms with E-state index in [2.05, 4.69) is 14.5 Å². The molecule has 7 nitrogen and oxygen atoms in total. The van der Waals surface area contributed by atoms with Crippen molar-refractivity contribution >= 4 is 27.4 Å². The molecule has 0 spiro atoms. The number of nitrogens with zero attached hydrogens (tertiary/aromatic N) is 2. The number of aromatic carboxylic acids is 1. The molecule has 1 aliphatic rings. The van der Waals surface area contributed by atoms with Crippen LogP contribution in [0.3, 0.4) is 0 Å². The molecule has 1 aliphatic heterocycles. The van der Waals surface area contributed by atoms with Gasteiger partial charge in [-0.1, -0.05) is 18.2 Å². The molecule has 1 heterocycles. The normalized spacial score (nSPS) is 15.6. The number of anilines is 2. The topological polar surface area (TPSA) is 89.9 Å². The quantitative estimate of drug-likeness (QED) is 0.815. The second-order valence-corrected chi connectivity index (χ2v) is 8.35. The molecule has 0 unspecified atom stereocenters. The van der Waals surface area contributed by atoms with Crippen molar-refractivity contribution in [3.8, 4) is 0 Å². The minimum Gasteiger partial charge on any atom is -0.478 e. The Morgan fingerprint density at radius 1 is 1.07 bits per heavy atom. The number of sulfonamides is 1. The Balaban J connectivity index is 2.00. The molecule has 0 aliphatic carbocycles. The van der Waals surface area contributed by atoms with Crippen molar-refractivity contribution in [1.29, 1.82) is 0 Å². The van der Waals surface area contributed by atoms with Crippen LogP contribution in [-0.4, -0.2) is 57.6 Å². The van der Waals surface area contributed by atoms with Gasteiger partial charge < -0.3 is 14.9 Å². The summed E-state index contributed by atoms with van der Waals surface area (Å²) in [6, 6.07) is 11.3. The lowest BCUT2D eigenvalue weighted by Gasteiger charge is -2.35. The van der Waals surface area contributed by atoms with Crippen LogP contribution in [0.4, 0.5) is 11.4 Å². The van der Waals surface area contributed by atoms with E-state index in [0.29, 0.717) is 11.3 Å². The standard InChI is InChI=1S/C19H23N3O4S/c1-14-5-3-4-6-18(14)27(25,26)20-16-13-15(19(23)24)7-8-17(16)22-11-9-21(2)10-12-22/h3-8,13,20H,9-12H2,1-2H3,(H,23,24). The summed E-state index contributed by atoms with van der Waals surface area (Å²) >= 11 is 0. The van der Waals surface area contributed by atoms with Crippen LogP contribution in [0.2, 0.25) is 0 Å². The number of carboxylic acid groups (broad SMARTS) is 1. The van der Waals surface area contributed by atoms with E-state index < -0.39 is 16.0 Å². The van der Waals surface area contributed by atoms with Gasteiger partial charge in [0.15, 0.2) is 0 Å². The van der Waals surface area contributed by atoms with E-state index in [0.717, 1.165) is 26.2 Å². The molecule has 144 valence electrons. The first-order valence-corrected chi connectivity index (χ1v) is 10.2. The van der Waals surface area contributed by atoms with E-state index in [-0.39, 0.29) is 16.1 Å². The summed E-state index contributed by atoms with van der Waals surface area (Å²) in [4.78, 5) is 15.8. The maximum absolute atomic E-state index is 12.9. The molecule has 1 fully saturated rings. The zero-order chi connectivity index (χ0) is 19.6. The Labute approximate surface area is 159 Å². The van der Waals surface area contributed by atoms with Gasteiger partial charge in [-0.15, -0.1) is 0 Å². The van der Waals surface area contributed by atoms with E-state index in [1.54, 1.807) is 31.2 Å². The largest absolute Gasteiger partial charge is 0.478 e.